The Morgan fingerprint density at radius 1 is 1.26 bits per heavy atom. The summed E-state index contributed by atoms with van der Waals surface area (Å²) in [5.41, 5.74) is 2.64. The van der Waals surface area contributed by atoms with Gasteiger partial charge >= 0.3 is 5.97 Å². The zero-order valence-corrected chi connectivity index (χ0v) is 20.9. The Balaban J connectivity index is 1.60. The van der Waals surface area contributed by atoms with Crippen molar-refractivity contribution in [2.24, 2.45) is 0 Å². The number of benzene rings is 2. The average Bonchev–Trinajstić information content (AvgIpc) is 3.38. The number of carbonyl (C=O) groups is 2. The van der Waals surface area contributed by atoms with Crippen molar-refractivity contribution in [1.82, 2.24) is 14.9 Å². The highest BCUT2D eigenvalue weighted by molar-refractivity contribution is 8.00. The predicted octanol–water partition coefficient (Wildman–Crippen LogP) is 3.47. The summed E-state index contributed by atoms with van der Waals surface area (Å²) in [6.45, 7) is 5.25. The van der Waals surface area contributed by atoms with E-state index < -0.39 is 11.2 Å². The van der Waals surface area contributed by atoms with Gasteiger partial charge in [-0.15, -0.1) is 0 Å². The number of esters is 1. The molecule has 0 saturated carbocycles. The second kappa shape index (κ2) is 11.0. The zero-order chi connectivity index (χ0) is 24.9. The molecule has 2 atom stereocenters. The van der Waals surface area contributed by atoms with Gasteiger partial charge in [-0.05, 0) is 50.5 Å². The lowest BCUT2D eigenvalue weighted by molar-refractivity contribution is -0.120. The molecule has 1 aliphatic rings. The van der Waals surface area contributed by atoms with Crippen molar-refractivity contribution in [3.05, 3.63) is 69.5 Å². The van der Waals surface area contributed by atoms with Crippen LogP contribution in [0.15, 0.2) is 52.4 Å². The lowest BCUT2D eigenvalue weighted by Crippen LogP contribution is -2.33. The van der Waals surface area contributed by atoms with E-state index in [2.05, 4.69) is 10.3 Å². The maximum Gasteiger partial charge on any atom is 0.337 e. The molecule has 4 rings (SSSR count). The van der Waals surface area contributed by atoms with Crippen LogP contribution in [0.25, 0.3) is 10.9 Å². The van der Waals surface area contributed by atoms with E-state index >= 15 is 0 Å². The van der Waals surface area contributed by atoms with Crippen LogP contribution in [-0.4, -0.2) is 46.5 Å². The summed E-state index contributed by atoms with van der Waals surface area (Å²) in [4.78, 5) is 42.9. The number of thioether (sulfide) groups is 1. The van der Waals surface area contributed by atoms with Crippen LogP contribution in [0.4, 0.5) is 0 Å². The predicted molar refractivity (Wildman–Crippen MR) is 135 cm³/mol. The summed E-state index contributed by atoms with van der Waals surface area (Å²) >= 11 is 1.22. The number of aromatic nitrogens is 2. The van der Waals surface area contributed by atoms with Crippen molar-refractivity contribution in [2.45, 2.75) is 56.3 Å². The average molecular weight is 496 g/mol. The largest absolute Gasteiger partial charge is 0.465 e. The quantitative estimate of drug-likeness (QED) is 0.290. The van der Waals surface area contributed by atoms with Gasteiger partial charge in [-0.2, -0.15) is 0 Å². The highest BCUT2D eigenvalue weighted by atomic mass is 32.2. The molecule has 2 aromatic carbocycles. The first kappa shape index (κ1) is 24.9. The van der Waals surface area contributed by atoms with E-state index in [-0.39, 0.29) is 17.6 Å². The number of rotatable bonds is 8. The van der Waals surface area contributed by atoms with Gasteiger partial charge < -0.3 is 14.8 Å². The van der Waals surface area contributed by atoms with Crippen molar-refractivity contribution in [1.29, 1.82) is 0 Å². The van der Waals surface area contributed by atoms with Gasteiger partial charge in [0.25, 0.3) is 5.56 Å². The smallest absolute Gasteiger partial charge is 0.337 e. The van der Waals surface area contributed by atoms with E-state index in [9.17, 15) is 14.4 Å². The van der Waals surface area contributed by atoms with Crippen LogP contribution in [0.1, 0.15) is 41.3 Å². The van der Waals surface area contributed by atoms with Crippen LogP contribution in [0.5, 0.6) is 0 Å². The molecule has 1 fully saturated rings. The standard InChI is InChI=1S/C26H29N3O5S/c1-16-6-8-18(9-7-16)14-27-23(30)17(2)35-26-28-22-13-19(25(32)33-3)10-11-21(22)24(31)29(26)15-20-5-4-12-34-20/h6-11,13,17,20H,4-5,12,14-15H2,1-3H3,(H,27,30). The van der Waals surface area contributed by atoms with Gasteiger partial charge in [0.1, 0.15) is 0 Å². The molecule has 0 spiro atoms. The molecule has 3 aromatic rings. The second-order valence-corrected chi connectivity index (χ2v) is 9.94. The maximum absolute atomic E-state index is 13.4. The van der Waals surface area contributed by atoms with Crippen molar-refractivity contribution >= 4 is 34.5 Å². The van der Waals surface area contributed by atoms with E-state index in [1.165, 1.54) is 18.9 Å². The first-order valence-electron chi connectivity index (χ1n) is 11.6. The highest BCUT2D eigenvalue weighted by Crippen LogP contribution is 2.25. The normalized spacial score (nSPS) is 16.3. The molecular formula is C26H29N3O5S. The summed E-state index contributed by atoms with van der Waals surface area (Å²) < 4.78 is 12.1. The third-order valence-corrected chi connectivity index (χ3v) is 7.08. The van der Waals surface area contributed by atoms with Crippen LogP contribution in [0.2, 0.25) is 0 Å². The number of methoxy groups -OCH3 is 1. The van der Waals surface area contributed by atoms with Gasteiger partial charge in [0.05, 0.1) is 41.5 Å². The van der Waals surface area contributed by atoms with Gasteiger partial charge in [0, 0.05) is 13.2 Å². The molecule has 2 unspecified atom stereocenters. The third-order valence-electron chi connectivity index (χ3n) is 5.99. The molecular weight excluding hydrogens is 466 g/mol. The number of amides is 1. The Morgan fingerprint density at radius 2 is 2.03 bits per heavy atom. The SMILES string of the molecule is COC(=O)c1ccc2c(=O)n(CC3CCCO3)c(SC(C)C(=O)NCc3ccc(C)cc3)nc2c1. The first-order chi connectivity index (χ1) is 16.9. The zero-order valence-electron chi connectivity index (χ0n) is 20.1. The number of hydrogen-bond acceptors (Lipinski definition) is 7. The van der Waals surface area contributed by atoms with Crippen molar-refractivity contribution in [3.63, 3.8) is 0 Å². The minimum atomic E-state index is -0.504. The van der Waals surface area contributed by atoms with E-state index in [1.54, 1.807) is 29.7 Å². The van der Waals surface area contributed by atoms with E-state index in [0.717, 1.165) is 24.0 Å². The molecule has 8 nitrogen and oxygen atoms in total. The number of carbonyl (C=O) groups excluding carboxylic acids is 2. The molecule has 0 bridgehead atoms. The molecule has 1 saturated heterocycles. The monoisotopic (exact) mass is 495 g/mol. The number of nitrogens with zero attached hydrogens (tertiary/aromatic N) is 2. The molecule has 1 amide bonds. The van der Waals surface area contributed by atoms with Crippen molar-refractivity contribution in [2.75, 3.05) is 13.7 Å². The lowest BCUT2D eigenvalue weighted by Gasteiger charge is -2.19. The van der Waals surface area contributed by atoms with Gasteiger partial charge in [0.15, 0.2) is 5.16 Å². The van der Waals surface area contributed by atoms with Crippen LogP contribution in [0.3, 0.4) is 0 Å². The molecule has 2 heterocycles. The Hall–Kier alpha value is -3.17. The number of ether oxygens (including phenoxy) is 2. The topological polar surface area (TPSA) is 99.5 Å². The molecule has 9 heteroatoms. The molecule has 35 heavy (non-hydrogen) atoms. The van der Waals surface area contributed by atoms with E-state index in [1.807, 2.05) is 31.2 Å². The van der Waals surface area contributed by atoms with Crippen LogP contribution in [0, 0.1) is 6.92 Å². The number of nitrogens with one attached hydrogen (secondary N) is 1. The van der Waals surface area contributed by atoms with Gasteiger partial charge in [-0.25, -0.2) is 9.78 Å². The minimum absolute atomic E-state index is 0.0775. The van der Waals surface area contributed by atoms with Crippen LogP contribution in [-0.2, 0) is 27.4 Å². The summed E-state index contributed by atoms with van der Waals surface area (Å²) in [5.74, 6) is -0.660. The van der Waals surface area contributed by atoms with Gasteiger partial charge in [-0.1, -0.05) is 41.6 Å². The fourth-order valence-corrected chi connectivity index (χ4v) is 4.88. The molecule has 0 radical (unpaired) electrons. The Labute approximate surface area is 208 Å². The number of hydrogen-bond donors (Lipinski definition) is 1. The summed E-state index contributed by atoms with van der Waals surface area (Å²) in [6, 6.07) is 12.7. The Morgan fingerprint density at radius 3 is 2.71 bits per heavy atom. The Kier molecular flexibility index (Phi) is 7.87. The summed E-state index contributed by atoms with van der Waals surface area (Å²) in [5, 5.41) is 3.27. The molecule has 1 aliphatic heterocycles. The van der Waals surface area contributed by atoms with Crippen LogP contribution >= 0.6 is 11.8 Å². The first-order valence-corrected chi connectivity index (χ1v) is 12.5. The van der Waals surface area contributed by atoms with Crippen molar-refractivity contribution in [3.8, 4) is 0 Å². The summed E-state index contributed by atoms with van der Waals surface area (Å²) in [6.07, 6.45) is 1.73. The number of aryl methyl sites for hydroxylation is 1. The van der Waals surface area contributed by atoms with Crippen LogP contribution < -0.4 is 10.9 Å². The van der Waals surface area contributed by atoms with Gasteiger partial charge in [-0.3, -0.25) is 14.2 Å². The molecule has 0 aliphatic carbocycles. The fourth-order valence-electron chi connectivity index (χ4n) is 3.94. The fraction of sp³-hybridized carbons (Fsp3) is 0.385. The second-order valence-electron chi connectivity index (χ2n) is 8.63. The van der Waals surface area contributed by atoms with Crippen molar-refractivity contribution < 1.29 is 19.1 Å². The third kappa shape index (κ3) is 5.91. The van der Waals surface area contributed by atoms with E-state index in [0.29, 0.717) is 41.3 Å². The highest BCUT2D eigenvalue weighted by Gasteiger charge is 2.23. The number of fused-ring (bicyclic) bond motifs is 1. The van der Waals surface area contributed by atoms with E-state index in [4.69, 9.17) is 9.47 Å². The van der Waals surface area contributed by atoms with Gasteiger partial charge in [0.2, 0.25) is 5.91 Å². The maximum atomic E-state index is 13.4. The lowest BCUT2D eigenvalue weighted by atomic mass is 10.1. The molecule has 1 aromatic heterocycles. The molecule has 184 valence electrons. The summed E-state index contributed by atoms with van der Waals surface area (Å²) in [7, 11) is 1.30. The minimum Gasteiger partial charge on any atom is -0.465 e. The Bertz CT molecular complexity index is 1280. The molecule has 1 N–H and O–H groups in total.